The summed E-state index contributed by atoms with van der Waals surface area (Å²) < 4.78 is 38.5. The molecular formula is C18H21N3O5S2. The van der Waals surface area contributed by atoms with Crippen LogP contribution in [0.15, 0.2) is 29.8 Å². The standard InChI is InChI=1S/C18H21N3O5S2/c1-3-6-21-13-9-14-15(26-11-25-14)10-16(13)27-18(21)19-17(22)12-4-7-20(8-5-12)28(2,23)24/h3,9-10,12H,1,4-8,11H2,2H3. The summed E-state index contributed by atoms with van der Waals surface area (Å²) in [4.78, 5) is 17.7. The van der Waals surface area contributed by atoms with E-state index in [4.69, 9.17) is 9.47 Å². The predicted molar refractivity (Wildman–Crippen MR) is 106 cm³/mol. The van der Waals surface area contributed by atoms with Gasteiger partial charge in [0.05, 0.1) is 16.5 Å². The number of piperidine rings is 1. The van der Waals surface area contributed by atoms with Crippen LogP contribution in [0.5, 0.6) is 11.5 Å². The maximum atomic E-state index is 12.7. The van der Waals surface area contributed by atoms with Crippen molar-refractivity contribution in [3.63, 3.8) is 0 Å². The molecule has 1 fully saturated rings. The maximum Gasteiger partial charge on any atom is 0.251 e. The van der Waals surface area contributed by atoms with Crippen LogP contribution < -0.4 is 14.3 Å². The number of rotatable bonds is 4. The number of allylic oxidation sites excluding steroid dienone is 1. The van der Waals surface area contributed by atoms with E-state index in [1.807, 2.05) is 16.7 Å². The number of fused-ring (bicyclic) bond motifs is 2. The Morgan fingerprint density at radius 3 is 2.64 bits per heavy atom. The first-order valence-corrected chi connectivity index (χ1v) is 11.6. The van der Waals surface area contributed by atoms with E-state index in [0.717, 1.165) is 10.2 Å². The average Bonchev–Trinajstić information content (AvgIpc) is 3.24. The highest BCUT2D eigenvalue weighted by Crippen LogP contribution is 2.37. The van der Waals surface area contributed by atoms with E-state index in [0.29, 0.717) is 48.8 Å². The molecule has 2 aliphatic rings. The number of carbonyl (C=O) groups is 1. The zero-order valence-electron chi connectivity index (χ0n) is 15.5. The smallest absolute Gasteiger partial charge is 0.251 e. The Morgan fingerprint density at radius 2 is 2.00 bits per heavy atom. The van der Waals surface area contributed by atoms with Gasteiger partial charge in [0.25, 0.3) is 5.91 Å². The van der Waals surface area contributed by atoms with Crippen LogP contribution in [0.25, 0.3) is 10.2 Å². The highest BCUT2D eigenvalue weighted by atomic mass is 32.2. The van der Waals surface area contributed by atoms with Crippen LogP contribution in [-0.2, 0) is 21.4 Å². The van der Waals surface area contributed by atoms with Gasteiger partial charge in [0.15, 0.2) is 16.3 Å². The molecule has 1 aromatic heterocycles. The second kappa shape index (κ2) is 7.34. The number of hydrogen-bond acceptors (Lipinski definition) is 6. The summed E-state index contributed by atoms with van der Waals surface area (Å²) in [6, 6.07) is 3.79. The molecule has 0 N–H and O–H groups in total. The quantitative estimate of drug-likeness (QED) is 0.699. The van der Waals surface area contributed by atoms with Gasteiger partial charge in [-0.3, -0.25) is 4.79 Å². The van der Waals surface area contributed by atoms with Gasteiger partial charge >= 0.3 is 0 Å². The number of sulfonamides is 1. The summed E-state index contributed by atoms with van der Waals surface area (Å²) in [5, 5.41) is 0. The van der Waals surface area contributed by atoms with Gasteiger partial charge in [0.1, 0.15) is 0 Å². The summed E-state index contributed by atoms with van der Waals surface area (Å²) in [6.45, 7) is 5.22. The van der Waals surface area contributed by atoms with Crippen molar-refractivity contribution in [1.29, 1.82) is 0 Å². The minimum atomic E-state index is -3.22. The minimum absolute atomic E-state index is 0.204. The molecule has 10 heteroatoms. The molecule has 150 valence electrons. The van der Waals surface area contributed by atoms with Gasteiger partial charge in [0.2, 0.25) is 16.8 Å². The molecule has 1 aromatic carbocycles. The van der Waals surface area contributed by atoms with E-state index in [2.05, 4.69) is 11.6 Å². The summed E-state index contributed by atoms with van der Waals surface area (Å²) in [7, 11) is -3.22. The summed E-state index contributed by atoms with van der Waals surface area (Å²) in [6.07, 6.45) is 3.92. The molecule has 0 atom stereocenters. The topological polar surface area (TPSA) is 90.2 Å². The van der Waals surface area contributed by atoms with Gasteiger partial charge < -0.3 is 14.0 Å². The number of aromatic nitrogens is 1. The second-order valence-corrected chi connectivity index (χ2v) is 9.84. The molecule has 0 spiro atoms. The van der Waals surface area contributed by atoms with Gasteiger partial charge in [-0.15, -0.1) is 6.58 Å². The van der Waals surface area contributed by atoms with E-state index in [-0.39, 0.29) is 18.6 Å². The van der Waals surface area contributed by atoms with Gasteiger partial charge in [-0.25, -0.2) is 12.7 Å². The Bertz CT molecular complexity index is 1110. The molecule has 2 aromatic rings. The first-order chi connectivity index (χ1) is 13.4. The molecule has 3 heterocycles. The monoisotopic (exact) mass is 423 g/mol. The third kappa shape index (κ3) is 3.59. The van der Waals surface area contributed by atoms with Crippen LogP contribution in [0.1, 0.15) is 12.8 Å². The largest absolute Gasteiger partial charge is 0.454 e. The minimum Gasteiger partial charge on any atom is -0.454 e. The van der Waals surface area contributed by atoms with E-state index < -0.39 is 10.0 Å². The van der Waals surface area contributed by atoms with Crippen LogP contribution in [-0.4, -0.2) is 49.3 Å². The van der Waals surface area contributed by atoms with Crippen molar-refractivity contribution in [3.8, 4) is 11.5 Å². The number of ether oxygens (including phenoxy) is 2. The number of carbonyl (C=O) groups excluding carboxylic acids is 1. The van der Waals surface area contributed by atoms with Crippen molar-refractivity contribution in [2.45, 2.75) is 19.4 Å². The van der Waals surface area contributed by atoms with Crippen molar-refractivity contribution < 1.29 is 22.7 Å². The highest BCUT2D eigenvalue weighted by molar-refractivity contribution is 7.88. The zero-order chi connectivity index (χ0) is 19.9. The van der Waals surface area contributed by atoms with E-state index in [1.165, 1.54) is 21.9 Å². The van der Waals surface area contributed by atoms with Crippen molar-refractivity contribution in [2.24, 2.45) is 10.9 Å². The lowest BCUT2D eigenvalue weighted by molar-refractivity contribution is -0.122. The van der Waals surface area contributed by atoms with Crippen LogP contribution in [0.2, 0.25) is 0 Å². The Hall–Kier alpha value is -2.17. The average molecular weight is 424 g/mol. The lowest BCUT2D eigenvalue weighted by atomic mass is 9.98. The van der Waals surface area contributed by atoms with Crippen LogP contribution in [0, 0.1) is 5.92 Å². The molecule has 8 nitrogen and oxygen atoms in total. The first kappa shape index (κ1) is 19.2. The molecule has 1 saturated heterocycles. The summed E-state index contributed by atoms with van der Waals surface area (Å²) in [5.74, 6) is 0.884. The van der Waals surface area contributed by atoms with E-state index >= 15 is 0 Å². The molecular weight excluding hydrogens is 402 g/mol. The van der Waals surface area contributed by atoms with Gasteiger partial charge in [-0.2, -0.15) is 4.99 Å². The molecule has 0 saturated carbocycles. The summed E-state index contributed by atoms with van der Waals surface area (Å²) in [5.41, 5.74) is 0.910. The normalized spacial score (nSPS) is 18.7. The van der Waals surface area contributed by atoms with Gasteiger partial charge in [-0.1, -0.05) is 17.4 Å². The molecule has 0 unspecified atom stereocenters. The second-order valence-electron chi connectivity index (χ2n) is 6.84. The van der Waals surface area contributed by atoms with E-state index in [9.17, 15) is 13.2 Å². The molecule has 1 amide bonds. The Labute approximate surface area is 166 Å². The first-order valence-electron chi connectivity index (χ1n) is 8.94. The molecule has 28 heavy (non-hydrogen) atoms. The lowest BCUT2D eigenvalue weighted by Gasteiger charge is -2.28. The fraction of sp³-hybridized carbons (Fsp3) is 0.444. The van der Waals surface area contributed by atoms with Crippen LogP contribution >= 0.6 is 11.3 Å². The Kier molecular flexibility index (Phi) is 5.02. The molecule has 4 rings (SSSR count). The SMILES string of the molecule is C=CCn1c(=NC(=O)C2CCN(S(C)(=O)=O)CC2)sc2cc3c(cc21)OCO3. The lowest BCUT2D eigenvalue weighted by Crippen LogP contribution is -2.39. The van der Waals surface area contributed by atoms with Crippen molar-refractivity contribution in [1.82, 2.24) is 8.87 Å². The van der Waals surface area contributed by atoms with Crippen LogP contribution in [0.4, 0.5) is 0 Å². The zero-order valence-corrected chi connectivity index (χ0v) is 17.1. The van der Waals surface area contributed by atoms with Crippen molar-refractivity contribution in [2.75, 3.05) is 26.1 Å². The molecule has 0 aliphatic carbocycles. The number of hydrogen-bond donors (Lipinski definition) is 0. The number of nitrogens with zero attached hydrogens (tertiary/aromatic N) is 3. The van der Waals surface area contributed by atoms with Crippen molar-refractivity contribution >= 4 is 37.5 Å². The maximum absolute atomic E-state index is 12.7. The third-order valence-electron chi connectivity index (χ3n) is 4.97. The highest BCUT2D eigenvalue weighted by Gasteiger charge is 2.29. The number of amides is 1. The molecule has 0 radical (unpaired) electrons. The van der Waals surface area contributed by atoms with Gasteiger partial charge in [-0.05, 0) is 12.8 Å². The van der Waals surface area contributed by atoms with Crippen molar-refractivity contribution in [3.05, 3.63) is 29.6 Å². The Morgan fingerprint density at radius 1 is 1.32 bits per heavy atom. The predicted octanol–water partition coefficient (Wildman–Crippen LogP) is 1.72. The van der Waals surface area contributed by atoms with E-state index in [1.54, 1.807) is 6.08 Å². The Balaban J connectivity index is 1.64. The number of benzene rings is 1. The number of thiazole rings is 1. The van der Waals surface area contributed by atoms with Crippen LogP contribution in [0.3, 0.4) is 0 Å². The fourth-order valence-corrected chi connectivity index (χ4v) is 5.40. The molecule has 2 aliphatic heterocycles. The summed E-state index contributed by atoms with van der Waals surface area (Å²) >= 11 is 1.41. The fourth-order valence-electron chi connectivity index (χ4n) is 3.47. The molecule has 0 bridgehead atoms. The van der Waals surface area contributed by atoms with Gasteiger partial charge in [0, 0.05) is 37.7 Å². The third-order valence-corrected chi connectivity index (χ3v) is 7.31.